The number of anilines is 3. The number of hydrogen-bond donors (Lipinski definition) is 2. The Morgan fingerprint density at radius 2 is 1.84 bits per heavy atom. The van der Waals surface area contributed by atoms with Gasteiger partial charge in [-0.25, -0.2) is 4.39 Å². The Morgan fingerprint density at radius 1 is 1.06 bits per heavy atom. The third kappa shape index (κ3) is 4.37. The topological polar surface area (TPSA) is 106 Å². The van der Waals surface area contributed by atoms with Crippen molar-refractivity contribution in [2.24, 2.45) is 0 Å². The van der Waals surface area contributed by atoms with E-state index in [2.05, 4.69) is 10.3 Å². The molecule has 1 heterocycles. The number of nitrogens with one attached hydrogen (secondary N) is 1. The molecular weight excluding hydrogens is 421 g/mol. The minimum Gasteiger partial charge on any atom is -0.755 e. The summed E-state index contributed by atoms with van der Waals surface area (Å²) >= 11 is -2.81. The summed E-state index contributed by atoms with van der Waals surface area (Å²) in [6.07, 6.45) is 1.66. The highest BCUT2D eigenvalue weighted by molar-refractivity contribution is 7.81. The number of nitrogens with zero attached hydrogens (tertiary/aromatic N) is 2. The van der Waals surface area contributed by atoms with E-state index in [0.717, 1.165) is 27.3 Å². The lowest BCUT2D eigenvalue weighted by molar-refractivity contribution is 0.102. The normalized spacial score (nSPS) is 11.8. The van der Waals surface area contributed by atoms with E-state index in [1.807, 2.05) is 6.07 Å². The maximum absolute atomic E-state index is 13.2. The summed E-state index contributed by atoms with van der Waals surface area (Å²) in [5.41, 5.74) is 1.43. The highest BCUT2D eigenvalue weighted by atomic mass is 32.2. The van der Waals surface area contributed by atoms with Crippen molar-refractivity contribution in [3.63, 3.8) is 0 Å². The van der Waals surface area contributed by atoms with Crippen LogP contribution in [0.4, 0.5) is 21.5 Å². The zero-order valence-electron chi connectivity index (χ0n) is 15.9. The second kappa shape index (κ2) is 8.50. The molecule has 1 amide bonds. The van der Waals surface area contributed by atoms with Crippen molar-refractivity contribution in [1.82, 2.24) is 4.98 Å². The highest BCUT2D eigenvalue weighted by Crippen LogP contribution is 2.36. The van der Waals surface area contributed by atoms with Crippen molar-refractivity contribution in [3.05, 3.63) is 90.4 Å². The number of benzene rings is 3. The van der Waals surface area contributed by atoms with Gasteiger partial charge in [0.1, 0.15) is 11.6 Å². The van der Waals surface area contributed by atoms with Gasteiger partial charge in [-0.3, -0.25) is 18.3 Å². The van der Waals surface area contributed by atoms with Gasteiger partial charge in [-0.15, -0.1) is 0 Å². The predicted molar refractivity (Wildman–Crippen MR) is 115 cm³/mol. The quantitative estimate of drug-likeness (QED) is 0.359. The third-order valence-corrected chi connectivity index (χ3v) is 5.23. The fourth-order valence-electron chi connectivity index (χ4n) is 3.07. The van der Waals surface area contributed by atoms with Gasteiger partial charge in [0.05, 0.1) is 28.2 Å². The van der Waals surface area contributed by atoms with Crippen LogP contribution >= 0.6 is 0 Å². The van der Waals surface area contributed by atoms with E-state index in [4.69, 9.17) is 0 Å². The van der Waals surface area contributed by atoms with Crippen LogP contribution in [0.3, 0.4) is 0 Å². The number of phenolic OH excluding ortho intramolecular Hbond substituents is 1. The molecular formula is C22H15FN3O4S-. The van der Waals surface area contributed by atoms with E-state index in [9.17, 15) is 23.1 Å². The van der Waals surface area contributed by atoms with E-state index >= 15 is 0 Å². The van der Waals surface area contributed by atoms with Crippen molar-refractivity contribution in [3.8, 4) is 5.75 Å². The molecule has 1 unspecified atom stereocenters. The first-order valence-electron chi connectivity index (χ1n) is 9.06. The average molecular weight is 436 g/mol. The molecule has 9 heteroatoms. The smallest absolute Gasteiger partial charge is 0.255 e. The van der Waals surface area contributed by atoms with E-state index < -0.39 is 23.0 Å². The van der Waals surface area contributed by atoms with Gasteiger partial charge in [0.2, 0.25) is 0 Å². The molecule has 3 aromatic carbocycles. The van der Waals surface area contributed by atoms with Crippen molar-refractivity contribution < 1.29 is 23.1 Å². The Balaban J connectivity index is 1.65. The molecule has 156 valence electrons. The number of aromatic hydroxyl groups is 1. The average Bonchev–Trinajstić information content (AvgIpc) is 2.76. The number of carbonyl (C=O) groups is 1. The molecule has 0 aliphatic heterocycles. The summed E-state index contributed by atoms with van der Waals surface area (Å²) in [6, 6.07) is 17.4. The van der Waals surface area contributed by atoms with Gasteiger partial charge in [-0.1, -0.05) is 6.07 Å². The molecule has 0 saturated heterocycles. The summed E-state index contributed by atoms with van der Waals surface area (Å²) in [6.45, 7) is 0. The number of hydrogen-bond acceptors (Lipinski definition) is 5. The lowest BCUT2D eigenvalue weighted by atomic mass is 10.1. The first-order valence-corrected chi connectivity index (χ1v) is 10.1. The van der Waals surface area contributed by atoms with Crippen LogP contribution in [-0.2, 0) is 11.3 Å². The molecule has 7 nitrogen and oxygen atoms in total. The zero-order valence-corrected chi connectivity index (χ0v) is 16.7. The number of carbonyl (C=O) groups excluding carboxylic acids is 1. The minimum absolute atomic E-state index is 0.0968. The van der Waals surface area contributed by atoms with Crippen LogP contribution in [0.15, 0.2) is 79.0 Å². The standard InChI is InChI=1S/C22H16FN3O4S/c23-16-4-7-18(8-5-16)26(31(29)30)20-13-17(6-10-21(20)27)25-22(28)15-3-9-19-14(12-15)2-1-11-24-19/h1-13,27H,(H,25,28)(H,29,30)/p-1. The van der Waals surface area contributed by atoms with E-state index in [-0.39, 0.29) is 22.8 Å². The molecule has 31 heavy (non-hydrogen) atoms. The van der Waals surface area contributed by atoms with Crippen molar-refractivity contribution >= 4 is 45.1 Å². The molecule has 0 aliphatic rings. The largest absolute Gasteiger partial charge is 0.755 e. The predicted octanol–water partition coefficient (Wildman–Crippen LogP) is 4.26. The van der Waals surface area contributed by atoms with Crippen LogP contribution in [0.1, 0.15) is 10.4 Å². The number of pyridine rings is 1. The van der Waals surface area contributed by atoms with E-state index in [1.54, 1.807) is 30.5 Å². The Morgan fingerprint density at radius 3 is 2.58 bits per heavy atom. The summed E-state index contributed by atoms with van der Waals surface area (Å²) in [7, 11) is 0. The SMILES string of the molecule is O=C(Nc1ccc(O)c(N(c2ccc(F)cc2)S(=O)[O-])c1)c1ccc2ncccc2c1. The van der Waals surface area contributed by atoms with Crippen molar-refractivity contribution in [1.29, 1.82) is 0 Å². The second-order valence-corrected chi connectivity index (χ2v) is 7.36. The minimum atomic E-state index is -2.81. The molecule has 0 fully saturated rings. The number of rotatable bonds is 5. The van der Waals surface area contributed by atoms with Gasteiger partial charge in [-0.05, 0) is 66.7 Å². The number of aromatic nitrogens is 1. The lowest BCUT2D eigenvalue weighted by Crippen LogP contribution is -2.20. The van der Waals surface area contributed by atoms with Crippen LogP contribution in [-0.4, -0.2) is 24.8 Å². The molecule has 4 rings (SSSR count). The Hall–Kier alpha value is -3.82. The third-order valence-electron chi connectivity index (χ3n) is 4.53. The summed E-state index contributed by atoms with van der Waals surface area (Å²) in [5, 5.41) is 13.7. The van der Waals surface area contributed by atoms with Gasteiger partial charge in [0.15, 0.2) is 0 Å². The van der Waals surface area contributed by atoms with Crippen LogP contribution in [0.25, 0.3) is 10.9 Å². The fraction of sp³-hybridized carbons (Fsp3) is 0. The molecule has 0 radical (unpaired) electrons. The molecule has 1 aromatic heterocycles. The first-order chi connectivity index (χ1) is 14.9. The molecule has 1 atom stereocenters. The van der Waals surface area contributed by atoms with Crippen molar-refractivity contribution in [2.75, 3.05) is 9.62 Å². The van der Waals surface area contributed by atoms with E-state index in [0.29, 0.717) is 5.56 Å². The maximum Gasteiger partial charge on any atom is 0.255 e. The monoisotopic (exact) mass is 436 g/mol. The molecule has 0 spiro atoms. The van der Waals surface area contributed by atoms with Crippen LogP contribution < -0.4 is 9.62 Å². The fourth-order valence-corrected chi connectivity index (χ4v) is 3.67. The van der Waals surface area contributed by atoms with Gasteiger partial charge in [0, 0.05) is 22.8 Å². The summed E-state index contributed by atoms with van der Waals surface area (Å²) in [5.74, 6) is -1.28. The zero-order chi connectivity index (χ0) is 22.0. The Labute approximate surface area is 179 Å². The van der Waals surface area contributed by atoms with Gasteiger partial charge < -0.3 is 15.0 Å². The Bertz CT molecular complexity index is 1300. The Kier molecular flexibility index (Phi) is 5.61. The molecule has 2 N–H and O–H groups in total. The first kappa shape index (κ1) is 20.5. The highest BCUT2D eigenvalue weighted by Gasteiger charge is 2.17. The molecule has 0 bridgehead atoms. The summed E-state index contributed by atoms with van der Waals surface area (Å²) in [4.78, 5) is 16.9. The molecule has 0 saturated carbocycles. The number of fused-ring (bicyclic) bond motifs is 1. The lowest BCUT2D eigenvalue weighted by Gasteiger charge is -2.27. The molecule has 4 aromatic rings. The second-order valence-electron chi connectivity index (χ2n) is 6.56. The summed E-state index contributed by atoms with van der Waals surface area (Å²) < 4.78 is 37.7. The number of halogens is 1. The number of amides is 1. The van der Waals surface area contributed by atoms with E-state index in [1.165, 1.54) is 30.3 Å². The number of phenols is 1. The van der Waals surface area contributed by atoms with Crippen LogP contribution in [0.2, 0.25) is 0 Å². The van der Waals surface area contributed by atoms with Gasteiger partial charge in [0.25, 0.3) is 5.91 Å². The van der Waals surface area contributed by atoms with Crippen LogP contribution in [0.5, 0.6) is 5.75 Å². The maximum atomic E-state index is 13.2. The van der Waals surface area contributed by atoms with Gasteiger partial charge in [-0.2, -0.15) is 0 Å². The molecule has 0 aliphatic carbocycles. The van der Waals surface area contributed by atoms with Crippen molar-refractivity contribution in [2.45, 2.75) is 0 Å². The van der Waals surface area contributed by atoms with Crippen LogP contribution in [0, 0.1) is 5.82 Å². The van der Waals surface area contributed by atoms with Gasteiger partial charge >= 0.3 is 0 Å².